The van der Waals surface area contributed by atoms with E-state index in [9.17, 15) is 24.3 Å². The van der Waals surface area contributed by atoms with Crippen molar-refractivity contribution in [2.24, 2.45) is 11.1 Å². The number of aromatic nitrogens is 1. The molecule has 1 saturated heterocycles. The van der Waals surface area contributed by atoms with E-state index in [4.69, 9.17) is 10.5 Å². The molecule has 294 valence electrons. The molecule has 54 heavy (non-hydrogen) atoms. The number of rotatable bonds is 19. The summed E-state index contributed by atoms with van der Waals surface area (Å²) in [6.45, 7) is 10.1. The van der Waals surface area contributed by atoms with E-state index in [0.29, 0.717) is 32.3 Å². The molecule has 1 aliphatic rings. The Balaban J connectivity index is 1.22. The fourth-order valence-corrected chi connectivity index (χ4v) is 7.48. The lowest BCUT2D eigenvalue weighted by atomic mass is 9.85. The molecule has 11 nitrogen and oxygen atoms in total. The fraction of sp³-hybridized carbons (Fsp3) is 0.548. The molecule has 2 heterocycles. The standard InChI is InChI=1S/C42H59N5O6S/c1-27-39(54-26-45-27)32-18-15-30(16-19-32)17-21-36(49)35-23-33(48)24-47(35)41(52)40(42(3,4)5)46-38(51)10-8-7-9-29-11-13-31(14-12-29)25-53-28(2)34(43)20-22-37(50)44-6/h11-16,18-19,26,28,33-35,40,48H,7-10,17,20-25,43H2,1-6H3,(H,44,50)(H,46,51)/t28-,33-,34+,35+,40-/m1/s1. The predicted octanol–water partition coefficient (Wildman–Crippen LogP) is 5.28. The van der Waals surface area contributed by atoms with Crippen molar-refractivity contribution in [3.63, 3.8) is 0 Å². The molecule has 0 bridgehead atoms. The van der Waals surface area contributed by atoms with Crippen LogP contribution in [0.2, 0.25) is 0 Å². The number of Topliss-reactive ketones (excluding diaryl/α,β-unsaturated/α-hetero) is 1. The summed E-state index contributed by atoms with van der Waals surface area (Å²) in [6.07, 6.45) is 3.47. The quantitative estimate of drug-likeness (QED) is 0.120. The van der Waals surface area contributed by atoms with Crippen LogP contribution < -0.4 is 16.4 Å². The molecule has 3 aromatic rings. The number of nitrogens with zero attached hydrogens (tertiary/aromatic N) is 2. The first kappa shape index (κ1) is 42.8. The SMILES string of the molecule is CNC(=O)CC[C@H](N)[C@@H](C)OCc1ccc(CCCCC(=O)N[C@H](C(=O)N2C[C@H](O)C[C@H]2C(=O)CCc2ccc(-c3scnc3C)cc2)C(C)(C)C)cc1. The van der Waals surface area contributed by atoms with Crippen LogP contribution in [0.15, 0.2) is 54.0 Å². The zero-order valence-corrected chi connectivity index (χ0v) is 33.5. The maximum absolute atomic E-state index is 14.0. The van der Waals surface area contributed by atoms with Gasteiger partial charge < -0.3 is 31.1 Å². The van der Waals surface area contributed by atoms with Gasteiger partial charge in [-0.2, -0.15) is 0 Å². The molecule has 1 fully saturated rings. The van der Waals surface area contributed by atoms with Gasteiger partial charge in [0.1, 0.15) is 6.04 Å². The number of likely N-dealkylation sites (tertiary alicyclic amines) is 1. The van der Waals surface area contributed by atoms with Crippen LogP contribution in [-0.2, 0) is 43.4 Å². The molecular weight excluding hydrogens is 703 g/mol. The number of aliphatic hydroxyl groups is 1. The van der Waals surface area contributed by atoms with E-state index in [1.54, 1.807) is 18.4 Å². The predicted molar refractivity (Wildman–Crippen MR) is 213 cm³/mol. The molecule has 5 N–H and O–H groups in total. The monoisotopic (exact) mass is 761 g/mol. The maximum Gasteiger partial charge on any atom is 0.246 e. The van der Waals surface area contributed by atoms with Crippen molar-refractivity contribution < 1.29 is 29.0 Å². The average Bonchev–Trinajstić information content (AvgIpc) is 3.77. The molecule has 0 radical (unpaired) electrons. The third-order valence-corrected chi connectivity index (χ3v) is 11.2. The molecule has 3 amide bonds. The number of unbranched alkanes of at least 4 members (excludes halogenated alkanes) is 1. The van der Waals surface area contributed by atoms with E-state index in [0.717, 1.165) is 45.7 Å². The van der Waals surface area contributed by atoms with Gasteiger partial charge in [0.2, 0.25) is 17.7 Å². The number of nitrogens with one attached hydrogen (secondary N) is 2. The summed E-state index contributed by atoms with van der Waals surface area (Å²) >= 11 is 1.60. The van der Waals surface area contributed by atoms with Gasteiger partial charge in [0.25, 0.3) is 0 Å². The van der Waals surface area contributed by atoms with E-state index in [-0.39, 0.29) is 61.5 Å². The van der Waals surface area contributed by atoms with Gasteiger partial charge in [-0.3, -0.25) is 19.2 Å². The minimum Gasteiger partial charge on any atom is -0.391 e. The Morgan fingerprint density at radius 1 is 0.963 bits per heavy atom. The van der Waals surface area contributed by atoms with Crippen LogP contribution in [0.4, 0.5) is 0 Å². The fourth-order valence-electron chi connectivity index (χ4n) is 6.67. The number of aryl methyl sites for hydroxylation is 3. The summed E-state index contributed by atoms with van der Waals surface area (Å²) < 4.78 is 5.93. The lowest BCUT2D eigenvalue weighted by Gasteiger charge is -2.35. The summed E-state index contributed by atoms with van der Waals surface area (Å²) in [5.74, 6) is -0.666. The first-order valence-corrected chi connectivity index (χ1v) is 20.0. The number of ketones is 1. The zero-order chi connectivity index (χ0) is 39.4. The van der Waals surface area contributed by atoms with Crippen molar-refractivity contribution in [3.05, 3.63) is 76.4 Å². The highest BCUT2D eigenvalue weighted by Crippen LogP contribution is 2.29. The highest BCUT2D eigenvalue weighted by atomic mass is 32.1. The van der Waals surface area contributed by atoms with Gasteiger partial charge in [-0.1, -0.05) is 69.3 Å². The van der Waals surface area contributed by atoms with Crippen LogP contribution in [0, 0.1) is 12.3 Å². The van der Waals surface area contributed by atoms with Gasteiger partial charge in [0.15, 0.2) is 5.78 Å². The molecule has 1 aromatic heterocycles. The molecule has 4 rings (SSSR count). The minimum absolute atomic E-state index is 0.0345. The number of thiazole rings is 1. The molecule has 1 aliphatic heterocycles. The topological polar surface area (TPSA) is 164 Å². The molecule has 0 unspecified atom stereocenters. The third kappa shape index (κ3) is 12.5. The Labute approximate surface area is 324 Å². The van der Waals surface area contributed by atoms with Crippen LogP contribution in [-0.4, -0.2) is 82.4 Å². The number of carbonyl (C=O) groups excluding carboxylic acids is 4. The third-order valence-electron chi connectivity index (χ3n) is 10.2. The second-order valence-corrected chi connectivity index (χ2v) is 16.5. The van der Waals surface area contributed by atoms with Gasteiger partial charge in [-0.15, -0.1) is 11.3 Å². The van der Waals surface area contributed by atoms with Crippen molar-refractivity contribution in [1.82, 2.24) is 20.5 Å². The van der Waals surface area contributed by atoms with Gasteiger partial charge in [-0.05, 0) is 73.6 Å². The van der Waals surface area contributed by atoms with Crippen molar-refractivity contribution in [3.8, 4) is 10.4 Å². The number of carbonyl (C=O) groups is 4. The maximum atomic E-state index is 14.0. The molecule has 0 spiro atoms. The van der Waals surface area contributed by atoms with Crippen molar-refractivity contribution in [2.45, 2.75) is 129 Å². The number of amides is 3. The minimum atomic E-state index is -0.837. The van der Waals surface area contributed by atoms with Crippen LogP contribution in [0.5, 0.6) is 0 Å². The molecule has 0 saturated carbocycles. The Morgan fingerprint density at radius 2 is 1.61 bits per heavy atom. The summed E-state index contributed by atoms with van der Waals surface area (Å²) in [5, 5.41) is 16.1. The number of aliphatic hydroxyl groups excluding tert-OH is 1. The van der Waals surface area contributed by atoms with Crippen molar-refractivity contribution in [1.29, 1.82) is 0 Å². The number of benzene rings is 2. The number of hydrogen-bond acceptors (Lipinski definition) is 9. The smallest absolute Gasteiger partial charge is 0.246 e. The first-order chi connectivity index (χ1) is 25.7. The van der Waals surface area contributed by atoms with Gasteiger partial charge in [0, 0.05) is 45.3 Å². The van der Waals surface area contributed by atoms with Gasteiger partial charge in [0.05, 0.1) is 40.9 Å². The lowest BCUT2D eigenvalue weighted by Crippen LogP contribution is -2.56. The summed E-state index contributed by atoms with van der Waals surface area (Å²) in [7, 11) is 1.61. The Hall–Kier alpha value is -3.97. The highest BCUT2D eigenvalue weighted by molar-refractivity contribution is 7.13. The van der Waals surface area contributed by atoms with E-state index in [1.165, 1.54) is 4.90 Å². The van der Waals surface area contributed by atoms with Crippen LogP contribution in [0.1, 0.15) is 95.0 Å². The van der Waals surface area contributed by atoms with E-state index in [2.05, 4.69) is 27.8 Å². The Bertz CT molecular complexity index is 1690. The molecule has 5 atom stereocenters. The molecular formula is C42H59N5O6S. The molecule has 2 aromatic carbocycles. The normalized spacial score (nSPS) is 17.5. The van der Waals surface area contributed by atoms with Crippen LogP contribution >= 0.6 is 11.3 Å². The molecule has 0 aliphatic carbocycles. The van der Waals surface area contributed by atoms with Gasteiger partial charge in [-0.25, -0.2) is 4.98 Å². The van der Waals surface area contributed by atoms with E-state index < -0.39 is 23.6 Å². The zero-order valence-electron chi connectivity index (χ0n) is 32.7. The largest absolute Gasteiger partial charge is 0.391 e. The van der Waals surface area contributed by atoms with E-state index >= 15 is 0 Å². The lowest BCUT2D eigenvalue weighted by molar-refractivity contribution is -0.143. The molecule has 12 heteroatoms. The summed E-state index contributed by atoms with van der Waals surface area (Å²) in [4.78, 5) is 59.0. The second-order valence-electron chi connectivity index (χ2n) is 15.6. The van der Waals surface area contributed by atoms with E-state index in [1.807, 2.05) is 76.5 Å². The number of nitrogens with two attached hydrogens (primary N) is 1. The van der Waals surface area contributed by atoms with Crippen molar-refractivity contribution in [2.75, 3.05) is 13.6 Å². The van der Waals surface area contributed by atoms with Crippen LogP contribution in [0.3, 0.4) is 0 Å². The Kier molecular flexibility index (Phi) is 15.9. The number of hydrogen-bond donors (Lipinski definition) is 4. The number of β-amino-alcohol motifs (C(OH)–C–C–N with tert-alkyl or cyclic N) is 1. The van der Waals surface area contributed by atoms with Gasteiger partial charge >= 0.3 is 0 Å². The summed E-state index contributed by atoms with van der Waals surface area (Å²) in [6, 6.07) is 14.5. The number of ether oxygens (including phenoxy) is 1. The average molecular weight is 762 g/mol. The first-order valence-electron chi connectivity index (χ1n) is 19.1. The van der Waals surface area contributed by atoms with Crippen LogP contribution in [0.25, 0.3) is 10.4 Å². The Morgan fingerprint density at radius 3 is 2.24 bits per heavy atom. The van der Waals surface area contributed by atoms with Crippen molar-refractivity contribution >= 4 is 34.8 Å². The summed E-state index contributed by atoms with van der Waals surface area (Å²) in [5.41, 5.74) is 12.7. The highest BCUT2D eigenvalue weighted by Gasteiger charge is 2.44. The second kappa shape index (κ2) is 20.1.